The summed E-state index contributed by atoms with van der Waals surface area (Å²) < 4.78 is 32.5. The molecule has 1 aromatic rings. The summed E-state index contributed by atoms with van der Waals surface area (Å²) in [5, 5.41) is 0. The number of morpholine rings is 1. The highest BCUT2D eigenvalue weighted by molar-refractivity contribution is 7.89. The van der Waals surface area contributed by atoms with Gasteiger partial charge >= 0.3 is 0 Å². The molecule has 1 fully saturated rings. The van der Waals surface area contributed by atoms with Crippen LogP contribution in [0.1, 0.15) is 37.6 Å². The van der Waals surface area contributed by atoms with Crippen molar-refractivity contribution in [3.05, 3.63) is 29.8 Å². The third-order valence-electron chi connectivity index (χ3n) is 3.97. The van der Waals surface area contributed by atoms with Crippen LogP contribution in [0.25, 0.3) is 0 Å². The van der Waals surface area contributed by atoms with Crippen LogP contribution in [0.2, 0.25) is 0 Å². The number of rotatable bonds is 6. The van der Waals surface area contributed by atoms with Crippen molar-refractivity contribution in [1.29, 1.82) is 0 Å². The Hall–Kier alpha value is -1.77. The minimum absolute atomic E-state index is 0.0236. The highest BCUT2D eigenvalue weighted by atomic mass is 32.2. The van der Waals surface area contributed by atoms with E-state index in [9.17, 15) is 18.0 Å². The molecule has 0 saturated carbocycles. The number of hydrogen-bond donors (Lipinski definition) is 1. The molecule has 2 rings (SSSR count). The first-order valence-corrected chi connectivity index (χ1v) is 9.71. The van der Waals surface area contributed by atoms with Gasteiger partial charge in [-0.05, 0) is 32.9 Å². The fourth-order valence-corrected chi connectivity index (χ4v) is 3.82. The van der Waals surface area contributed by atoms with Crippen LogP contribution in [0, 0.1) is 0 Å². The van der Waals surface area contributed by atoms with Crippen LogP contribution in [0.5, 0.6) is 0 Å². The van der Waals surface area contributed by atoms with Crippen molar-refractivity contribution in [3.8, 4) is 0 Å². The molecular formula is C17H24N2O5S. The summed E-state index contributed by atoms with van der Waals surface area (Å²) in [5.74, 6) is -0.229. The largest absolute Gasteiger partial charge is 0.372 e. The van der Waals surface area contributed by atoms with Gasteiger partial charge in [0.1, 0.15) is 0 Å². The molecule has 1 aliphatic rings. The van der Waals surface area contributed by atoms with Gasteiger partial charge in [0.2, 0.25) is 15.9 Å². The Labute approximate surface area is 148 Å². The third kappa shape index (κ3) is 5.35. The van der Waals surface area contributed by atoms with Crippen molar-refractivity contribution < 1.29 is 22.7 Å². The van der Waals surface area contributed by atoms with Gasteiger partial charge in [-0.1, -0.05) is 12.1 Å². The SMILES string of the molecule is CC(=O)c1ccc(S(=O)(=O)NCCC(=O)N2CC(C)OC(C)C2)cc1. The Morgan fingerprint density at radius 2 is 1.72 bits per heavy atom. The lowest BCUT2D eigenvalue weighted by Gasteiger charge is -2.35. The summed E-state index contributed by atoms with van der Waals surface area (Å²) in [5.41, 5.74) is 0.449. The molecule has 8 heteroatoms. The smallest absolute Gasteiger partial charge is 0.240 e. The van der Waals surface area contributed by atoms with Gasteiger partial charge in [-0.3, -0.25) is 9.59 Å². The predicted octanol–water partition coefficient (Wildman–Crippen LogP) is 1.19. The van der Waals surface area contributed by atoms with E-state index in [1.807, 2.05) is 13.8 Å². The Kier molecular flexibility index (Phi) is 6.31. The number of nitrogens with zero attached hydrogens (tertiary/aromatic N) is 1. The van der Waals surface area contributed by atoms with Crippen LogP contribution in [0.3, 0.4) is 0 Å². The van der Waals surface area contributed by atoms with Crippen LogP contribution >= 0.6 is 0 Å². The lowest BCUT2D eigenvalue weighted by atomic mass is 10.2. The van der Waals surface area contributed by atoms with Crippen molar-refractivity contribution in [2.75, 3.05) is 19.6 Å². The summed E-state index contributed by atoms with van der Waals surface area (Å²) in [6.07, 6.45) is 0.0397. The number of ether oxygens (including phenoxy) is 1. The van der Waals surface area contributed by atoms with Crippen molar-refractivity contribution in [3.63, 3.8) is 0 Å². The summed E-state index contributed by atoms with van der Waals surface area (Å²) in [4.78, 5) is 25.2. The molecule has 2 unspecified atom stereocenters. The topological polar surface area (TPSA) is 92.8 Å². The van der Waals surface area contributed by atoms with E-state index in [1.165, 1.54) is 31.2 Å². The highest BCUT2D eigenvalue weighted by Crippen LogP contribution is 2.13. The summed E-state index contributed by atoms with van der Waals surface area (Å²) in [6, 6.07) is 5.70. The third-order valence-corrected chi connectivity index (χ3v) is 5.45. The number of ketones is 1. The van der Waals surface area contributed by atoms with E-state index in [0.717, 1.165) is 0 Å². The molecule has 0 aromatic heterocycles. The van der Waals surface area contributed by atoms with Gasteiger partial charge in [0.25, 0.3) is 0 Å². The van der Waals surface area contributed by atoms with Gasteiger partial charge in [0.05, 0.1) is 17.1 Å². The fraction of sp³-hybridized carbons (Fsp3) is 0.529. The Morgan fingerprint density at radius 1 is 1.16 bits per heavy atom. The van der Waals surface area contributed by atoms with E-state index in [2.05, 4.69) is 4.72 Å². The molecule has 1 N–H and O–H groups in total. The van der Waals surface area contributed by atoms with E-state index in [4.69, 9.17) is 4.74 Å². The van der Waals surface area contributed by atoms with E-state index >= 15 is 0 Å². The first-order chi connectivity index (χ1) is 11.7. The molecule has 0 radical (unpaired) electrons. The molecule has 1 amide bonds. The number of nitrogens with one attached hydrogen (secondary N) is 1. The second-order valence-electron chi connectivity index (χ2n) is 6.28. The number of sulfonamides is 1. The normalized spacial score (nSPS) is 21.2. The number of carbonyl (C=O) groups is 2. The number of amides is 1. The average Bonchev–Trinajstić information content (AvgIpc) is 2.53. The molecule has 1 saturated heterocycles. The first kappa shape index (κ1) is 19.6. The zero-order chi connectivity index (χ0) is 18.6. The molecule has 1 heterocycles. The van der Waals surface area contributed by atoms with Crippen LogP contribution < -0.4 is 4.72 Å². The molecular weight excluding hydrogens is 344 g/mol. The van der Waals surface area contributed by atoms with Gasteiger partial charge in [-0.25, -0.2) is 13.1 Å². The number of hydrogen-bond acceptors (Lipinski definition) is 5. The Bertz CT molecular complexity index is 720. The molecule has 1 aromatic carbocycles. The van der Waals surface area contributed by atoms with E-state index in [1.54, 1.807) is 4.90 Å². The lowest BCUT2D eigenvalue weighted by molar-refractivity contribution is -0.143. The van der Waals surface area contributed by atoms with Gasteiger partial charge in [0, 0.05) is 31.6 Å². The van der Waals surface area contributed by atoms with Crippen molar-refractivity contribution in [2.24, 2.45) is 0 Å². The maximum absolute atomic E-state index is 12.2. The maximum Gasteiger partial charge on any atom is 0.240 e. The zero-order valence-electron chi connectivity index (χ0n) is 14.7. The van der Waals surface area contributed by atoms with Crippen LogP contribution in [0.15, 0.2) is 29.2 Å². The van der Waals surface area contributed by atoms with Gasteiger partial charge in [0.15, 0.2) is 5.78 Å². The minimum atomic E-state index is -3.71. The monoisotopic (exact) mass is 368 g/mol. The molecule has 1 aliphatic heterocycles. The quantitative estimate of drug-likeness (QED) is 0.762. The lowest BCUT2D eigenvalue weighted by Crippen LogP contribution is -2.48. The molecule has 0 aliphatic carbocycles. The first-order valence-electron chi connectivity index (χ1n) is 8.23. The standard InChI is InChI=1S/C17H24N2O5S/c1-12-10-19(11-13(2)24-12)17(21)8-9-18-25(22,23)16-6-4-15(5-7-16)14(3)20/h4-7,12-13,18H,8-11H2,1-3H3. The second kappa shape index (κ2) is 8.07. The number of benzene rings is 1. The van der Waals surface area contributed by atoms with Crippen molar-refractivity contribution in [2.45, 2.75) is 44.3 Å². The molecule has 25 heavy (non-hydrogen) atoms. The van der Waals surface area contributed by atoms with Crippen molar-refractivity contribution in [1.82, 2.24) is 9.62 Å². The molecule has 7 nitrogen and oxygen atoms in total. The Balaban J connectivity index is 1.89. The van der Waals surface area contributed by atoms with Crippen LogP contribution in [-0.4, -0.2) is 56.9 Å². The van der Waals surface area contributed by atoms with Gasteiger partial charge < -0.3 is 9.64 Å². The highest BCUT2D eigenvalue weighted by Gasteiger charge is 2.25. The van der Waals surface area contributed by atoms with Crippen molar-refractivity contribution >= 4 is 21.7 Å². The van der Waals surface area contributed by atoms with Crippen LogP contribution in [-0.2, 0) is 19.6 Å². The zero-order valence-corrected chi connectivity index (χ0v) is 15.5. The van der Waals surface area contributed by atoms with E-state index in [-0.39, 0.29) is 41.8 Å². The molecule has 138 valence electrons. The van der Waals surface area contributed by atoms with Gasteiger partial charge in [-0.15, -0.1) is 0 Å². The van der Waals surface area contributed by atoms with Gasteiger partial charge in [-0.2, -0.15) is 0 Å². The van der Waals surface area contributed by atoms with E-state index in [0.29, 0.717) is 18.7 Å². The Morgan fingerprint density at radius 3 is 2.24 bits per heavy atom. The average molecular weight is 368 g/mol. The molecule has 0 bridgehead atoms. The minimum Gasteiger partial charge on any atom is -0.372 e. The second-order valence-corrected chi connectivity index (χ2v) is 8.05. The molecule has 0 spiro atoms. The molecule has 2 atom stereocenters. The predicted molar refractivity (Wildman–Crippen MR) is 92.8 cm³/mol. The summed E-state index contributed by atoms with van der Waals surface area (Å²) in [6.45, 7) is 6.29. The summed E-state index contributed by atoms with van der Waals surface area (Å²) in [7, 11) is -3.71. The number of Topliss-reactive ketones (excluding diaryl/α,β-unsaturated/α-hetero) is 1. The fourth-order valence-electron chi connectivity index (χ4n) is 2.78. The van der Waals surface area contributed by atoms with Crippen LogP contribution in [0.4, 0.5) is 0 Å². The number of carbonyl (C=O) groups excluding carboxylic acids is 2. The summed E-state index contributed by atoms with van der Waals surface area (Å²) >= 11 is 0. The maximum atomic E-state index is 12.2. The van der Waals surface area contributed by atoms with E-state index < -0.39 is 10.0 Å².